The summed E-state index contributed by atoms with van der Waals surface area (Å²) in [5, 5.41) is 12.3. The lowest BCUT2D eigenvalue weighted by atomic mass is 10.1. The highest BCUT2D eigenvalue weighted by atomic mass is 35.5. The van der Waals surface area contributed by atoms with Crippen LogP contribution in [0, 0.1) is 5.92 Å². The number of hydrogen-bond donors (Lipinski definition) is 2. The predicted molar refractivity (Wildman–Crippen MR) is 81.9 cm³/mol. The van der Waals surface area contributed by atoms with Gasteiger partial charge in [0.2, 0.25) is 5.91 Å². The zero-order valence-electron chi connectivity index (χ0n) is 11.3. The van der Waals surface area contributed by atoms with Gasteiger partial charge in [-0.15, -0.1) is 0 Å². The molecule has 7 heteroatoms. The fourth-order valence-corrected chi connectivity index (χ4v) is 2.96. The van der Waals surface area contributed by atoms with E-state index in [0.717, 1.165) is 13.0 Å². The van der Waals surface area contributed by atoms with Crippen LogP contribution >= 0.6 is 23.2 Å². The minimum absolute atomic E-state index is 0.110. The molecular formula is C14H16Cl2N2O3. The maximum atomic E-state index is 12.0. The Balaban J connectivity index is 1.87. The molecule has 1 unspecified atom stereocenters. The molecule has 0 aliphatic carbocycles. The van der Waals surface area contributed by atoms with Crippen molar-refractivity contribution in [3.63, 3.8) is 0 Å². The number of likely N-dealkylation sites (tertiary alicyclic amines) is 1. The quantitative estimate of drug-likeness (QED) is 0.870. The lowest BCUT2D eigenvalue weighted by Crippen LogP contribution is -2.32. The summed E-state index contributed by atoms with van der Waals surface area (Å²) in [7, 11) is 0. The molecule has 5 nitrogen and oxygen atoms in total. The van der Waals surface area contributed by atoms with Crippen molar-refractivity contribution in [2.24, 2.45) is 5.92 Å². The number of hydrogen-bond acceptors (Lipinski definition) is 3. The van der Waals surface area contributed by atoms with Crippen LogP contribution < -0.4 is 5.32 Å². The first-order chi connectivity index (χ1) is 9.95. The summed E-state index contributed by atoms with van der Waals surface area (Å²) in [5.41, 5.74) is 0.409. The average molecular weight is 331 g/mol. The first-order valence-corrected chi connectivity index (χ1v) is 7.39. The molecule has 2 rings (SSSR count). The number of carbonyl (C=O) groups excluding carboxylic acids is 1. The fraction of sp³-hybridized carbons (Fsp3) is 0.429. The molecule has 0 bridgehead atoms. The zero-order valence-corrected chi connectivity index (χ0v) is 12.8. The van der Waals surface area contributed by atoms with Gasteiger partial charge in [0.05, 0.1) is 22.3 Å². The van der Waals surface area contributed by atoms with Gasteiger partial charge in [0, 0.05) is 13.0 Å². The lowest BCUT2D eigenvalue weighted by molar-refractivity contribution is -0.138. The maximum absolute atomic E-state index is 12.0. The van der Waals surface area contributed by atoms with E-state index < -0.39 is 5.97 Å². The highest BCUT2D eigenvalue weighted by Gasteiger charge is 2.26. The summed E-state index contributed by atoms with van der Waals surface area (Å²) < 4.78 is 0. The van der Waals surface area contributed by atoms with E-state index in [0.29, 0.717) is 22.3 Å². The van der Waals surface area contributed by atoms with Gasteiger partial charge in [-0.1, -0.05) is 29.3 Å². The van der Waals surface area contributed by atoms with Gasteiger partial charge in [-0.25, -0.2) is 0 Å². The number of anilines is 1. The maximum Gasteiger partial charge on any atom is 0.303 e. The number of carboxylic acid groups (broad SMARTS) is 1. The molecule has 0 saturated carbocycles. The van der Waals surface area contributed by atoms with Crippen molar-refractivity contribution in [2.75, 3.05) is 25.0 Å². The third-order valence-electron chi connectivity index (χ3n) is 3.43. The van der Waals surface area contributed by atoms with Crippen LogP contribution in [0.2, 0.25) is 10.0 Å². The molecule has 1 amide bonds. The Labute approximate surface area is 132 Å². The third-order valence-corrected chi connectivity index (χ3v) is 4.06. The molecule has 114 valence electrons. The van der Waals surface area contributed by atoms with Gasteiger partial charge in [-0.2, -0.15) is 0 Å². The molecule has 1 saturated heterocycles. The standard InChI is InChI=1S/C14H16Cl2N2O3/c15-10-2-1-3-11(16)14(10)17-12(19)8-18-5-4-9(7-18)6-13(20)21/h1-3,9H,4-8H2,(H,17,19)(H,20,21). The highest BCUT2D eigenvalue weighted by Crippen LogP contribution is 2.29. The molecule has 0 spiro atoms. The Bertz CT molecular complexity index is 531. The largest absolute Gasteiger partial charge is 0.481 e. The number of halogens is 2. The van der Waals surface area contributed by atoms with Gasteiger partial charge in [0.1, 0.15) is 0 Å². The van der Waals surface area contributed by atoms with E-state index in [1.165, 1.54) is 0 Å². The van der Waals surface area contributed by atoms with Crippen LogP contribution in [0.25, 0.3) is 0 Å². The molecular weight excluding hydrogens is 315 g/mol. The van der Waals surface area contributed by atoms with E-state index in [9.17, 15) is 9.59 Å². The van der Waals surface area contributed by atoms with Gasteiger partial charge in [-0.3, -0.25) is 14.5 Å². The smallest absolute Gasteiger partial charge is 0.303 e. The molecule has 0 radical (unpaired) electrons. The van der Waals surface area contributed by atoms with Gasteiger partial charge in [-0.05, 0) is 31.0 Å². The van der Waals surface area contributed by atoms with Gasteiger partial charge >= 0.3 is 5.97 Å². The molecule has 1 fully saturated rings. The van der Waals surface area contributed by atoms with Crippen molar-refractivity contribution in [3.05, 3.63) is 28.2 Å². The molecule has 2 N–H and O–H groups in total. The number of carboxylic acids is 1. The monoisotopic (exact) mass is 330 g/mol. The topological polar surface area (TPSA) is 69.6 Å². The Hall–Kier alpha value is -1.30. The second kappa shape index (κ2) is 7.11. The van der Waals surface area contributed by atoms with Gasteiger partial charge in [0.15, 0.2) is 0 Å². The van der Waals surface area contributed by atoms with Crippen LogP contribution in [-0.4, -0.2) is 41.5 Å². The van der Waals surface area contributed by atoms with Crippen molar-refractivity contribution in [1.82, 2.24) is 4.90 Å². The minimum Gasteiger partial charge on any atom is -0.481 e. The van der Waals surface area contributed by atoms with Crippen molar-refractivity contribution < 1.29 is 14.7 Å². The van der Waals surface area contributed by atoms with Crippen molar-refractivity contribution in [1.29, 1.82) is 0 Å². The third kappa shape index (κ3) is 4.59. The summed E-state index contributed by atoms with van der Waals surface area (Å²) in [6.45, 7) is 1.55. The number of nitrogens with zero attached hydrogens (tertiary/aromatic N) is 1. The van der Waals surface area contributed by atoms with Crippen molar-refractivity contribution >= 4 is 40.8 Å². The van der Waals surface area contributed by atoms with Crippen LogP contribution in [0.3, 0.4) is 0 Å². The van der Waals surface area contributed by atoms with Crippen molar-refractivity contribution in [3.8, 4) is 0 Å². The van der Waals surface area contributed by atoms with E-state index in [4.69, 9.17) is 28.3 Å². The molecule has 1 aromatic rings. The number of rotatable bonds is 5. The Morgan fingerprint density at radius 1 is 1.33 bits per heavy atom. The van der Waals surface area contributed by atoms with Crippen LogP contribution in [0.5, 0.6) is 0 Å². The molecule has 1 aliphatic heterocycles. The molecule has 1 atom stereocenters. The van der Waals surface area contributed by atoms with Crippen LogP contribution in [-0.2, 0) is 9.59 Å². The number of amides is 1. The lowest BCUT2D eigenvalue weighted by Gasteiger charge is -2.16. The highest BCUT2D eigenvalue weighted by molar-refractivity contribution is 6.39. The van der Waals surface area contributed by atoms with Gasteiger partial charge < -0.3 is 10.4 Å². The van der Waals surface area contributed by atoms with Crippen LogP contribution in [0.4, 0.5) is 5.69 Å². The Morgan fingerprint density at radius 2 is 2.00 bits per heavy atom. The summed E-state index contributed by atoms with van der Waals surface area (Å²) in [6.07, 6.45) is 0.945. The normalized spacial score (nSPS) is 18.7. The van der Waals surface area contributed by atoms with Crippen molar-refractivity contribution in [2.45, 2.75) is 12.8 Å². The second-order valence-corrected chi connectivity index (χ2v) is 5.95. The summed E-state index contributed by atoms with van der Waals surface area (Å²) >= 11 is 12.0. The number of carbonyl (C=O) groups is 2. The second-order valence-electron chi connectivity index (χ2n) is 5.13. The van der Waals surface area contributed by atoms with E-state index in [1.807, 2.05) is 4.90 Å². The number of aliphatic carboxylic acids is 1. The first-order valence-electron chi connectivity index (χ1n) is 6.63. The van der Waals surface area contributed by atoms with Crippen LogP contribution in [0.15, 0.2) is 18.2 Å². The molecule has 1 heterocycles. The van der Waals surface area contributed by atoms with E-state index in [-0.39, 0.29) is 24.8 Å². The van der Waals surface area contributed by atoms with E-state index in [1.54, 1.807) is 18.2 Å². The number of benzene rings is 1. The molecule has 21 heavy (non-hydrogen) atoms. The number of para-hydroxylation sites is 1. The molecule has 0 aromatic heterocycles. The molecule has 1 aromatic carbocycles. The predicted octanol–water partition coefficient (Wildman–Crippen LogP) is 2.73. The summed E-state index contributed by atoms with van der Waals surface area (Å²) in [6, 6.07) is 5.01. The fourth-order valence-electron chi connectivity index (χ4n) is 2.47. The summed E-state index contributed by atoms with van der Waals surface area (Å²) in [4.78, 5) is 24.6. The zero-order chi connectivity index (χ0) is 15.4. The van der Waals surface area contributed by atoms with Crippen LogP contribution in [0.1, 0.15) is 12.8 Å². The van der Waals surface area contributed by atoms with Gasteiger partial charge in [0.25, 0.3) is 0 Å². The SMILES string of the molecule is O=C(O)CC1CCN(CC(=O)Nc2c(Cl)cccc2Cl)C1. The Kier molecular flexibility index (Phi) is 5.45. The van der Waals surface area contributed by atoms with E-state index in [2.05, 4.69) is 5.32 Å². The summed E-state index contributed by atoms with van der Waals surface area (Å²) in [5.74, 6) is -0.894. The van der Waals surface area contributed by atoms with E-state index >= 15 is 0 Å². The first kappa shape index (κ1) is 16.1. The average Bonchev–Trinajstić information content (AvgIpc) is 2.80. The number of nitrogens with one attached hydrogen (secondary N) is 1. The Morgan fingerprint density at radius 3 is 2.62 bits per heavy atom. The minimum atomic E-state index is -0.797. The molecule has 1 aliphatic rings.